The van der Waals surface area contributed by atoms with Crippen LogP contribution in [0.3, 0.4) is 0 Å². The van der Waals surface area contributed by atoms with Gasteiger partial charge in [-0.05, 0) is 12.8 Å². The van der Waals surface area contributed by atoms with Crippen LogP contribution in [-0.4, -0.2) is 41.6 Å². The molecule has 0 aromatic heterocycles. The molecule has 0 spiro atoms. The minimum atomic E-state index is 0.291. The molecule has 11 heavy (non-hydrogen) atoms. The van der Waals surface area contributed by atoms with Gasteiger partial charge in [-0.3, -0.25) is 4.99 Å². The van der Waals surface area contributed by atoms with E-state index in [0.717, 1.165) is 32.4 Å². The van der Waals surface area contributed by atoms with Crippen LogP contribution in [0.1, 0.15) is 19.3 Å². The van der Waals surface area contributed by atoms with Crippen molar-refractivity contribution in [3.05, 3.63) is 0 Å². The Bertz CT molecular complexity index is 179. The fourth-order valence-corrected chi connectivity index (χ4v) is 1.93. The van der Waals surface area contributed by atoms with Gasteiger partial charge in [-0.1, -0.05) is 0 Å². The minimum absolute atomic E-state index is 0.291. The van der Waals surface area contributed by atoms with E-state index in [1.807, 2.05) is 0 Å². The zero-order valence-corrected chi connectivity index (χ0v) is 6.66. The first-order chi connectivity index (χ1) is 5.42. The molecule has 1 atom stereocenters. The molecule has 3 nitrogen and oxygen atoms in total. The lowest BCUT2D eigenvalue weighted by Gasteiger charge is -2.28. The molecule has 1 N–H and O–H groups in total. The second-order valence-electron chi connectivity index (χ2n) is 3.22. The molecule has 3 heteroatoms. The molecular weight excluding hydrogens is 140 g/mol. The first-order valence-electron chi connectivity index (χ1n) is 4.32. The van der Waals surface area contributed by atoms with Crippen molar-refractivity contribution in [1.82, 2.24) is 4.90 Å². The van der Waals surface area contributed by atoms with Crippen molar-refractivity contribution in [2.75, 3.05) is 19.7 Å². The lowest BCUT2D eigenvalue weighted by Crippen LogP contribution is -2.38. The third kappa shape index (κ3) is 1.13. The summed E-state index contributed by atoms with van der Waals surface area (Å²) in [6.45, 7) is 2.38. The third-order valence-corrected chi connectivity index (χ3v) is 2.54. The maximum Gasteiger partial charge on any atom is 0.0993 e. The molecule has 2 aliphatic heterocycles. The summed E-state index contributed by atoms with van der Waals surface area (Å²) < 4.78 is 0. The number of aliphatic hydroxyl groups is 1. The topological polar surface area (TPSA) is 35.8 Å². The second kappa shape index (κ2) is 2.81. The predicted molar refractivity (Wildman–Crippen MR) is 43.7 cm³/mol. The van der Waals surface area contributed by atoms with Crippen LogP contribution in [0.15, 0.2) is 4.99 Å². The number of aliphatic hydroxyl groups excluding tert-OH is 1. The summed E-state index contributed by atoms with van der Waals surface area (Å²) in [5, 5.41) is 9.01. The van der Waals surface area contributed by atoms with E-state index in [4.69, 9.17) is 5.11 Å². The van der Waals surface area contributed by atoms with Gasteiger partial charge >= 0.3 is 0 Å². The van der Waals surface area contributed by atoms with E-state index in [-0.39, 0.29) is 0 Å². The highest BCUT2D eigenvalue weighted by atomic mass is 16.3. The van der Waals surface area contributed by atoms with E-state index in [1.165, 1.54) is 5.84 Å². The van der Waals surface area contributed by atoms with Gasteiger partial charge in [-0.15, -0.1) is 0 Å². The van der Waals surface area contributed by atoms with Crippen molar-refractivity contribution < 1.29 is 5.11 Å². The van der Waals surface area contributed by atoms with Crippen molar-refractivity contribution in [2.45, 2.75) is 25.3 Å². The van der Waals surface area contributed by atoms with Gasteiger partial charge in [0.25, 0.3) is 0 Å². The summed E-state index contributed by atoms with van der Waals surface area (Å²) in [4.78, 5) is 6.69. The Hall–Kier alpha value is -0.570. The fourth-order valence-electron chi connectivity index (χ4n) is 1.93. The van der Waals surface area contributed by atoms with E-state index in [1.54, 1.807) is 0 Å². The number of aliphatic imine (C=N–C) groups is 1. The Morgan fingerprint density at radius 3 is 3.36 bits per heavy atom. The van der Waals surface area contributed by atoms with Crippen LogP contribution in [-0.2, 0) is 0 Å². The molecule has 0 saturated carbocycles. The van der Waals surface area contributed by atoms with E-state index in [9.17, 15) is 0 Å². The Labute approximate surface area is 66.7 Å². The summed E-state index contributed by atoms with van der Waals surface area (Å²) in [7, 11) is 0. The van der Waals surface area contributed by atoms with Gasteiger partial charge in [-0.2, -0.15) is 0 Å². The molecule has 2 rings (SSSR count). The lowest BCUT2D eigenvalue weighted by molar-refractivity contribution is 0.188. The molecule has 2 aliphatic rings. The largest absolute Gasteiger partial charge is 0.394 e. The van der Waals surface area contributed by atoms with Crippen LogP contribution in [0.2, 0.25) is 0 Å². The lowest BCUT2D eigenvalue weighted by atomic mass is 10.2. The van der Waals surface area contributed by atoms with Gasteiger partial charge in [-0.25, -0.2) is 0 Å². The second-order valence-corrected chi connectivity index (χ2v) is 3.22. The average molecular weight is 154 g/mol. The minimum Gasteiger partial charge on any atom is -0.394 e. The summed E-state index contributed by atoms with van der Waals surface area (Å²) in [5.41, 5.74) is 0. The Morgan fingerprint density at radius 1 is 1.64 bits per heavy atom. The van der Waals surface area contributed by atoms with Crippen molar-refractivity contribution in [3.8, 4) is 0 Å². The number of amidine groups is 1. The number of hydrogen-bond donors (Lipinski definition) is 1. The summed E-state index contributed by atoms with van der Waals surface area (Å²) in [6, 6.07) is 0.369. The first kappa shape index (κ1) is 7.10. The molecule has 0 aliphatic carbocycles. The fraction of sp³-hybridized carbons (Fsp3) is 0.875. The Balaban J connectivity index is 2.11. The first-order valence-corrected chi connectivity index (χ1v) is 4.32. The smallest absolute Gasteiger partial charge is 0.0993 e. The molecule has 0 amide bonds. The number of nitrogens with zero attached hydrogens (tertiary/aromatic N) is 2. The SMILES string of the molecule is OCC1CCC2=NCCCN21. The van der Waals surface area contributed by atoms with Crippen molar-refractivity contribution in [1.29, 1.82) is 0 Å². The van der Waals surface area contributed by atoms with E-state index in [2.05, 4.69) is 9.89 Å². The normalized spacial score (nSPS) is 30.1. The van der Waals surface area contributed by atoms with Gasteiger partial charge in [0.1, 0.15) is 0 Å². The average Bonchev–Trinajstić information content (AvgIpc) is 2.47. The molecule has 1 saturated heterocycles. The number of fused-ring (bicyclic) bond motifs is 1. The van der Waals surface area contributed by atoms with Crippen molar-refractivity contribution in [3.63, 3.8) is 0 Å². The highest BCUT2D eigenvalue weighted by Crippen LogP contribution is 2.22. The number of hydrogen-bond acceptors (Lipinski definition) is 3. The van der Waals surface area contributed by atoms with Gasteiger partial charge < -0.3 is 10.0 Å². The molecule has 1 unspecified atom stereocenters. The maximum absolute atomic E-state index is 9.01. The quantitative estimate of drug-likeness (QED) is 0.587. The molecule has 0 aromatic carbocycles. The van der Waals surface area contributed by atoms with Crippen molar-refractivity contribution >= 4 is 5.84 Å². The highest BCUT2D eigenvalue weighted by Gasteiger charge is 2.29. The maximum atomic E-state index is 9.01. The van der Waals surface area contributed by atoms with Gasteiger partial charge in [0.2, 0.25) is 0 Å². The van der Waals surface area contributed by atoms with E-state index in [0.29, 0.717) is 12.6 Å². The summed E-state index contributed by atoms with van der Waals surface area (Å²) >= 11 is 0. The van der Waals surface area contributed by atoms with Crippen LogP contribution in [0.25, 0.3) is 0 Å². The zero-order valence-electron chi connectivity index (χ0n) is 6.66. The molecule has 0 bridgehead atoms. The third-order valence-electron chi connectivity index (χ3n) is 2.54. The van der Waals surface area contributed by atoms with Crippen LogP contribution >= 0.6 is 0 Å². The van der Waals surface area contributed by atoms with E-state index < -0.39 is 0 Å². The Kier molecular flexibility index (Phi) is 1.82. The Morgan fingerprint density at radius 2 is 2.55 bits per heavy atom. The molecule has 0 radical (unpaired) electrons. The van der Waals surface area contributed by atoms with Crippen LogP contribution in [0.5, 0.6) is 0 Å². The molecular formula is C8H14N2O. The number of rotatable bonds is 1. The van der Waals surface area contributed by atoms with Crippen LogP contribution in [0.4, 0.5) is 0 Å². The predicted octanol–water partition coefficient (Wildman–Crippen LogP) is 0.245. The molecule has 0 aromatic rings. The molecule has 62 valence electrons. The van der Waals surface area contributed by atoms with Crippen molar-refractivity contribution in [2.24, 2.45) is 4.99 Å². The van der Waals surface area contributed by atoms with E-state index >= 15 is 0 Å². The summed E-state index contributed by atoms with van der Waals surface area (Å²) in [5.74, 6) is 1.23. The molecule has 1 fully saturated rings. The molecule has 2 heterocycles. The van der Waals surface area contributed by atoms with Gasteiger partial charge in [0, 0.05) is 19.5 Å². The van der Waals surface area contributed by atoms with Gasteiger partial charge in [0.05, 0.1) is 18.5 Å². The van der Waals surface area contributed by atoms with Gasteiger partial charge in [0.15, 0.2) is 0 Å². The standard InChI is InChI=1S/C8H14N2O/c11-6-7-2-3-8-9-4-1-5-10(7)8/h7,11H,1-6H2. The highest BCUT2D eigenvalue weighted by molar-refractivity contribution is 5.85. The monoisotopic (exact) mass is 154 g/mol. The van der Waals surface area contributed by atoms with Crippen LogP contribution in [0, 0.1) is 0 Å². The summed E-state index contributed by atoms with van der Waals surface area (Å²) in [6.07, 6.45) is 3.32. The van der Waals surface area contributed by atoms with Crippen LogP contribution < -0.4 is 0 Å². The zero-order chi connectivity index (χ0) is 7.68.